The Kier molecular flexibility index (Phi) is 4.87. The van der Waals surface area contributed by atoms with E-state index in [0.717, 1.165) is 30.4 Å². The highest BCUT2D eigenvalue weighted by atomic mass is 19.1. The van der Waals surface area contributed by atoms with Crippen molar-refractivity contribution < 1.29 is 19.0 Å². The van der Waals surface area contributed by atoms with E-state index in [9.17, 15) is 14.3 Å². The fourth-order valence-corrected chi connectivity index (χ4v) is 4.52. The molecule has 0 saturated carbocycles. The molecule has 2 bridgehead atoms. The third-order valence-electron chi connectivity index (χ3n) is 5.81. The summed E-state index contributed by atoms with van der Waals surface area (Å²) in [5.41, 5.74) is 0.647. The van der Waals surface area contributed by atoms with Gasteiger partial charge in [0.25, 0.3) is 0 Å². The Balaban J connectivity index is 1.48. The van der Waals surface area contributed by atoms with E-state index < -0.39 is 5.60 Å². The highest BCUT2D eigenvalue weighted by molar-refractivity contribution is 5.69. The van der Waals surface area contributed by atoms with Crippen molar-refractivity contribution >= 4 is 6.09 Å². The van der Waals surface area contributed by atoms with Crippen LogP contribution in [0.2, 0.25) is 0 Å². The van der Waals surface area contributed by atoms with Crippen LogP contribution in [-0.2, 0) is 16.9 Å². The van der Waals surface area contributed by atoms with Gasteiger partial charge in [0.2, 0.25) is 0 Å². The molecule has 2 saturated heterocycles. The normalized spacial score (nSPS) is 27.3. The molecule has 27 heavy (non-hydrogen) atoms. The maximum absolute atomic E-state index is 13.3. The van der Waals surface area contributed by atoms with Crippen LogP contribution in [0.25, 0.3) is 0 Å². The summed E-state index contributed by atoms with van der Waals surface area (Å²) in [6, 6.07) is 15.6. The summed E-state index contributed by atoms with van der Waals surface area (Å²) in [5.74, 6) is -0.315. The van der Waals surface area contributed by atoms with Crippen molar-refractivity contribution in [3.05, 3.63) is 71.5 Å². The first-order chi connectivity index (χ1) is 13.0. The minimum atomic E-state index is -1.03. The first kappa shape index (κ1) is 18.0. The molecule has 2 aliphatic rings. The summed E-state index contributed by atoms with van der Waals surface area (Å²) < 4.78 is 18.8. The van der Waals surface area contributed by atoms with E-state index in [1.807, 2.05) is 35.2 Å². The molecule has 4 rings (SSSR count). The first-order valence-corrected chi connectivity index (χ1v) is 9.53. The summed E-state index contributed by atoms with van der Waals surface area (Å²) >= 11 is 0. The van der Waals surface area contributed by atoms with Gasteiger partial charge in [-0.05, 0) is 42.5 Å². The van der Waals surface area contributed by atoms with Gasteiger partial charge in [0, 0.05) is 24.9 Å². The number of carbonyl (C=O) groups is 1. The molecular weight excluding hydrogens is 345 g/mol. The monoisotopic (exact) mass is 369 g/mol. The maximum atomic E-state index is 13.3. The molecule has 2 aromatic rings. The largest absolute Gasteiger partial charge is 0.445 e. The van der Waals surface area contributed by atoms with Crippen molar-refractivity contribution in [1.82, 2.24) is 4.90 Å². The van der Waals surface area contributed by atoms with E-state index in [-0.39, 0.29) is 30.6 Å². The SMILES string of the molecule is O=C(OCc1ccccc1)N1C2CCCC1CC(O)(c1ccc(F)cc1)C2. The van der Waals surface area contributed by atoms with Gasteiger partial charge < -0.3 is 14.7 Å². The molecule has 0 aliphatic carbocycles. The van der Waals surface area contributed by atoms with Gasteiger partial charge in [0.15, 0.2) is 0 Å². The van der Waals surface area contributed by atoms with E-state index in [0.29, 0.717) is 12.8 Å². The van der Waals surface area contributed by atoms with Crippen LogP contribution in [-0.4, -0.2) is 28.2 Å². The Morgan fingerprint density at radius 2 is 1.70 bits per heavy atom. The summed E-state index contributed by atoms with van der Waals surface area (Å²) in [7, 11) is 0. The van der Waals surface area contributed by atoms with E-state index in [1.165, 1.54) is 12.1 Å². The number of rotatable bonds is 3. The molecular formula is C22H24FNO3. The predicted molar refractivity (Wildman–Crippen MR) is 99.4 cm³/mol. The van der Waals surface area contributed by atoms with Gasteiger partial charge in [-0.1, -0.05) is 42.5 Å². The number of amides is 1. The van der Waals surface area contributed by atoms with Crippen LogP contribution in [0, 0.1) is 5.82 Å². The molecule has 0 radical (unpaired) electrons. The van der Waals surface area contributed by atoms with Gasteiger partial charge in [0.1, 0.15) is 12.4 Å². The number of halogens is 1. The smallest absolute Gasteiger partial charge is 0.410 e. The third kappa shape index (κ3) is 3.69. The van der Waals surface area contributed by atoms with E-state index in [2.05, 4.69) is 0 Å². The lowest BCUT2D eigenvalue weighted by Gasteiger charge is -2.51. The lowest BCUT2D eigenvalue weighted by Crippen LogP contribution is -2.58. The van der Waals surface area contributed by atoms with Crippen LogP contribution >= 0.6 is 0 Å². The second-order valence-electron chi connectivity index (χ2n) is 7.63. The summed E-state index contributed by atoms with van der Waals surface area (Å²) in [6.07, 6.45) is 3.33. The molecule has 4 nitrogen and oxygen atoms in total. The maximum Gasteiger partial charge on any atom is 0.410 e. The minimum absolute atomic E-state index is 0.0594. The molecule has 2 aliphatic heterocycles. The Morgan fingerprint density at radius 3 is 2.33 bits per heavy atom. The van der Waals surface area contributed by atoms with Crippen molar-refractivity contribution in [2.45, 2.75) is 56.4 Å². The van der Waals surface area contributed by atoms with Gasteiger partial charge in [-0.15, -0.1) is 0 Å². The van der Waals surface area contributed by atoms with Crippen molar-refractivity contribution in [1.29, 1.82) is 0 Å². The van der Waals surface area contributed by atoms with Crippen molar-refractivity contribution in [3.63, 3.8) is 0 Å². The number of hydrogen-bond donors (Lipinski definition) is 1. The van der Waals surface area contributed by atoms with Crippen molar-refractivity contribution in [3.8, 4) is 0 Å². The van der Waals surface area contributed by atoms with E-state index in [4.69, 9.17) is 4.74 Å². The molecule has 142 valence electrons. The Hall–Kier alpha value is -2.40. The number of fused-ring (bicyclic) bond motifs is 2. The number of nitrogens with zero attached hydrogens (tertiary/aromatic N) is 1. The molecule has 5 heteroatoms. The van der Waals surface area contributed by atoms with Crippen LogP contribution < -0.4 is 0 Å². The number of carbonyl (C=O) groups excluding carboxylic acids is 1. The zero-order valence-corrected chi connectivity index (χ0v) is 15.2. The number of benzene rings is 2. The van der Waals surface area contributed by atoms with Crippen LogP contribution in [0.4, 0.5) is 9.18 Å². The zero-order valence-electron chi connectivity index (χ0n) is 15.2. The number of hydrogen-bond acceptors (Lipinski definition) is 3. The molecule has 2 aromatic carbocycles. The van der Waals surface area contributed by atoms with Gasteiger partial charge in [0.05, 0.1) is 5.60 Å². The molecule has 2 heterocycles. The second-order valence-corrected chi connectivity index (χ2v) is 7.63. The lowest BCUT2D eigenvalue weighted by atomic mass is 9.73. The molecule has 1 N–H and O–H groups in total. The van der Waals surface area contributed by atoms with Gasteiger partial charge in [-0.2, -0.15) is 0 Å². The molecule has 2 fully saturated rings. The molecule has 2 unspecified atom stereocenters. The fourth-order valence-electron chi connectivity index (χ4n) is 4.52. The predicted octanol–water partition coefficient (Wildman–Crippen LogP) is 4.37. The third-order valence-corrected chi connectivity index (χ3v) is 5.81. The minimum Gasteiger partial charge on any atom is -0.445 e. The van der Waals surface area contributed by atoms with Gasteiger partial charge in [-0.3, -0.25) is 0 Å². The van der Waals surface area contributed by atoms with Crippen LogP contribution in [0.15, 0.2) is 54.6 Å². The Bertz CT molecular complexity index is 779. The second kappa shape index (κ2) is 7.31. The average Bonchev–Trinajstić information content (AvgIpc) is 2.67. The molecule has 1 amide bonds. The number of ether oxygens (including phenoxy) is 1. The van der Waals surface area contributed by atoms with Crippen molar-refractivity contribution in [2.75, 3.05) is 0 Å². The van der Waals surface area contributed by atoms with Gasteiger partial charge in [-0.25, -0.2) is 9.18 Å². The first-order valence-electron chi connectivity index (χ1n) is 9.53. The average molecular weight is 369 g/mol. The molecule has 2 atom stereocenters. The zero-order chi connectivity index (χ0) is 18.9. The fraction of sp³-hybridized carbons (Fsp3) is 0.409. The Labute approximate surface area is 158 Å². The highest BCUT2D eigenvalue weighted by Crippen LogP contribution is 2.44. The van der Waals surface area contributed by atoms with Crippen LogP contribution in [0.3, 0.4) is 0 Å². The summed E-state index contributed by atoms with van der Waals surface area (Å²) in [5, 5.41) is 11.2. The van der Waals surface area contributed by atoms with Gasteiger partial charge >= 0.3 is 6.09 Å². The number of aliphatic hydroxyl groups is 1. The van der Waals surface area contributed by atoms with E-state index in [1.54, 1.807) is 12.1 Å². The van der Waals surface area contributed by atoms with Crippen LogP contribution in [0.5, 0.6) is 0 Å². The summed E-state index contributed by atoms with van der Waals surface area (Å²) in [6.45, 7) is 0.248. The Morgan fingerprint density at radius 1 is 1.07 bits per heavy atom. The number of piperidine rings is 2. The molecule has 0 spiro atoms. The topological polar surface area (TPSA) is 49.8 Å². The lowest BCUT2D eigenvalue weighted by molar-refractivity contribution is -0.0896. The quantitative estimate of drug-likeness (QED) is 0.874. The standard InChI is InChI=1S/C22H24FNO3/c23-18-11-9-17(10-12-18)22(26)13-19-7-4-8-20(14-22)24(19)21(25)27-15-16-5-2-1-3-6-16/h1-3,5-6,9-12,19-20,26H,4,7-8,13-15H2. The van der Waals surface area contributed by atoms with Crippen LogP contribution in [0.1, 0.15) is 43.2 Å². The summed E-state index contributed by atoms with van der Waals surface area (Å²) in [4.78, 5) is 14.6. The molecule has 0 aromatic heterocycles. The highest BCUT2D eigenvalue weighted by Gasteiger charge is 2.48. The van der Waals surface area contributed by atoms with E-state index >= 15 is 0 Å². The van der Waals surface area contributed by atoms with Crippen molar-refractivity contribution in [2.24, 2.45) is 0 Å².